The Morgan fingerprint density at radius 1 is 1.29 bits per heavy atom. The largest absolute Gasteiger partial charge is 0.366 e. The van der Waals surface area contributed by atoms with Gasteiger partial charge in [-0.05, 0) is 52.2 Å². The van der Waals surface area contributed by atoms with E-state index < -0.39 is 0 Å². The summed E-state index contributed by atoms with van der Waals surface area (Å²) in [6.45, 7) is 7.67. The minimum Gasteiger partial charge on any atom is -0.366 e. The van der Waals surface area contributed by atoms with Crippen LogP contribution in [-0.2, 0) is 0 Å². The first-order valence-corrected chi connectivity index (χ1v) is 9.93. The first kappa shape index (κ1) is 18.5. The number of H-pyrrole nitrogens is 1. The molecule has 0 aromatic carbocycles. The Balaban J connectivity index is 1.56. The second-order valence-corrected chi connectivity index (χ2v) is 7.73. The zero-order chi connectivity index (χ0) is 19.7. The van der Waals surface area contributed by atoms with Crippen molar-refractivity contribution in [1.29, 1.82) is 0 Å². The maximum atomic E-state index is 12.1. The minimum atomic E-state index is -0.0593. The lowest BCUT2D eigenvalue weighted by Crippen LogP contribution is -2.45. The summed E-state index contributed by atoms with van der Waals surface area (Å²) in [6, 6.07) is 5.82. The molecule has 1 aliphatic heterocycles. The van der Waals surface area contributed by atoms with Gasteiger partial charge in [-0.3, -0.25) is 4.79 Å². The highest BCUT2D eigenvalue weighted by Crippen LogP contribution is 2.24. The van der Waals surface area contributed by atoms with Crippen molar-refractivity contribution in [2.45, 2.75) is 52.1 Å². The lowest BCUT2D eigenvalue weighted by molar-refractivity contribution is 0.451. The van der Waals surface area contributed by atoms with Gasteiger partial charge < -0.3 is 15.2 Å². The van der Waals surface area contributed by atoms with E-state index in [1.54, 1.807) is 17.1 Å². The maximum Gasteiger partial charge on any atom is 0.267 e. The summed E-state index contributed by atoms with van der Waals surface area (Å²) in [4.78, 5) is 26.4. The summed E-state index contributed by atoms with van der Waals surface area (Å²) < 4.78 is 1.56. The molecule has 0 aliphatic carbocycles. The molecular formula is C20H27N7O. The lowest BCUT2D eigenvalue weighted by Gasteiger charge is -2.37. The predicted octanol–water partition coefficient (Wildman–Crippen LogP) is 2.87. The van der Waals surface area contributed by atoms with Crippen molar-refractivity contribution < 1.29 is 0 Å². The number of nitrogens with one attached hydrogen (secondary N) is 2. The number of aromatic nitrogens is 5. The third-order valence-corrected chi connectivity index (χ3v) is 5.28. The van der Waals surface area contributed by atoms with Gasteiger partial charge in [-0.1, -0.05) is 0 Å². The fourth-order valence-electron chi connectivity index (χ4n) is 3.87. The molecular weight excluding hydrogens is 354 g/mol. The smallest absolute Gasteiger partial charge is 0.267 e. The van der Waals surface area contributed by atoms with Crippen molar-refractivity contribution in [1.82, 2.24) is 24.7 Å². The quantitative estimate of drug-likeness (QED) is 0.706. The molecule has 0 radical (unpaired) electrons. The van der Waals surface area contributed by atoms with Crippen LogP contribution in [0.15, 0.2) is 29.3 Å². The highest BCUT2D eigenvalue weighted by Gasteiger charge is 2.24. The van der Waals surface area contributed by atoms with Gasteiger partial charge in [0.15, 0.2) is 5.82 Å². The molecule has 8 nitrogen and oxygen atoms in total. The third kappa shape index (κ3) is 3.58. The standard InChI is InChI=1S/C20H27N7O/c1-13(2)27-18(28)8-7-17(25-27)26-9-5-4-6-15(26)11-21-20-19-16(22-12-23-20)10-14(3)24-19/h7-8,10,12-13,15,24H,4-6,9,11H2,1-3H3,(H,21,22,23). The van der Waals surface area contributed by atoms with Crippen molar-refractivity contribution >= 4 is 22.7 Å². The highest BCUT2D eigenvalue weighted by molar-refractivity contribution is 5.86. The summed E-state index contributed by atoms with van der Waals surface area (Å²) in [5.41, 5.74) is 2.86. The fraction of sp³-hybridized carbons (Fsp3) is 0.500. The lowest BCUT2D eigenvalue weighted by atomic mass is 10.0. The van der Waals surface area contributed by atoms with Gasteiger partial charge in [0.25, 0.3) is 5.56 Å². The summed E-state index contributed by atoms with van der Waals surface area (Å²) >= 11 is 0. The second kappa shape index (κ2) is 7.61. The SMILES string of the molecule is Cc1cc2ncnc(NCC3CCCCN3c3ccc(=O)n(C(C)C)n3)c2[nH]1. The molecule has 0 amide bonds. The first-order chi connectivity index (χ1) is 13.5. The monoisotopic (exact) mass is 381 g/mol. The van der Waals surface area contributed by atoms with E-state index in [1.165, 1.54) is 6.42 Å². The van der Waals surface area contributed by atoms with Crippen LogP contribution in [0.25, 0.3) is 11.0 Å². The second-order valence-electron chi connectivity index (χ2n) is 7.73. The Morgan fingerprint density at radius 2 is 2.14 bits per heavy atom. The molecule has 1 aliphatic rings. The molecule has 3 aromatic heterocycles. The number of rotatable bonds is 5. The van der Waals surface area contributed by atoms with Gasteiger partial charge in [0.2, 0.25) is 0 Å². The molecule has 4 rings (SSSR count). The van der Waals surface area contributed by atoms with E-state index in [2.05, 4.69) is 30.3 Å². The molecule has 1 unspecified atom stereocenters. The van der Waals surface area contributed by atoms with Gasteiger partial charge in [-0.2, -0.15) is 5.10 Å². The van der Waals surface area contributed by atoms with Crippen molar-refractivity contribution in [2.75, 3.05) is 23.3 Å². The number of aryl methyl sites for hydroxylation is 1. The molecule has 4 heterocycles. The normalized spacial score (nSPS) is 17.4. The van der Waals surface area contributed by atoms with E-state index in [1.807, 2.05) is 32.9 Å². The molecule has 1 saturated heterocycles. The van der Waals surface area contributed by atoms with Crippen LogP contribution < -0.4 is 15.8 Å². The number of hydrogen-bond donors (Lipinski definition) is 2. The van der Waals surface area contributed by atoms with E-state index in [-0.39, 0.29) is 11.6 Å². The Bertz CT molecular complexity index is 1020. The molecule has 1 atom stereocenters. The van der Waals surface area contributed by atoms with Gasteiger partial charge in [0.1, 0.15) is 17.7 Å². The Labute approximate surface area is 164 Å². The zero-order valence-electron chi connectivity index (χ0n) is 16.6. The van der Waals surface area contributed by atoms with E-state index in [4.69, 9.17) is 0 Å². The number of piperidine rings is 1. The minimum absolute atomic E-state index is 0.0410. The third-order valence-electron chi connectivity index (χ3n) is 5.28. The van der Waals surface area contributed by atoms with E-state index in [0.29, 0.717) is 6.04 Å². The van der Waals surface area contributed by atoms with Gasteiger partial charge in [0, 0.05) is 30.9 Å². The molecule has 0 bridgehead atoms. The summed E-state index contributed by atoms with van der Waals surface area (Å²) in [7, 11) is 0. The number of nitrogens with zero attached hydrogens (tertiary/aromatic N) is 5. The van der Waals surface area contributed by atoms with Crippen LogP contribution in [-0.4, -0.2) is 43.9 Å². The van der Waals surface area contributed by atoms with E-state index in [9.17, 15) is 4.79 Å². The summed E-state index contributed by atoms with van der Waals surface area (Å²) in [5.74, 6) is 1.69. The number of fused-ring (bicyclic) bond motifs is 1. The molecule has 148 valence electrons. The van der Waals surface area contributed by atoms with Crippen molar-refractivity contribution in [2.24, 2.45) is 0 Å². The van der Waals surface area contributed by atoms with Crippen LogP contribution in [0.4, 0.5) is 11.6 Å². The molecule has 1 fully saturated rings. The van der Waals surface area contributed by atoms with Crippen LogP contribution in [0.3, 0.4) is 0 Å². The number of anilines is 2. The van der Waals surface area contributed by atoms with Crippen LogP contribution in [0.1, 0.15) is 44.8 Å². The van der Waals surface area contributed by atoms with Crippen LogP contribution in [0, 0.1) is 6.92 Å². The van der Waals surface area contributed by atoms with Crippen molar-refractivity contribution in [3.05, 3.63) is 40.6 Å². The number of hydrogen-bond acceptors (Lipinski definition) is 6. The molecule has 0 spiro atoms. The average Bonchev–Trinajstić information content (AvgIpc) is 3.07. The van der Waals surface area contributed by atoms with Gasteiger partial charge in [-0.25, -0.2) is 14.6 Å². The summed E-state index contributed by atoms with van der Waals surface area (Å²) in [6.07, 6.45) is 4.99. The van der Waals surface area contributed by atoms with Crippen LogP contribution in [0.5, 0.6) is 0 Å². The molecule has 2 N–H and O–H groups in total. The molecule has 0 saturated carbocycles. The molecule has 28 heavy (non-hydrogen) atoms. The zero-order valence-corrected chi connectivity index (χ0v) is 16.6. The topological polar surface area (TPSA) is 91.7 Å². The van der Waals surface area contributed by atoms with E-state index in [0.717, 1.165) is 54.3 Å². The van der Waals surface area contributed by atoms with Crippen LogP contribution >= 0.6 is 0 Å². The maximum absolute atomic E-state index is 12.1. The Morgan fingerprint density at radius 3 is 2.96 bits per heavy atom. The predicted molar refractivity (Wildman–Crippen MR) is 111 cm³/mol. The fourth-order valence-corrected chi connectivity index (χ4v) is 3.87. The van der Waals surface area contributed by atoms with Crippen molar-refractivity contribution in [3.63, 3.8) is 0 Å². The van der Waals surface area contributed by atoms with Crippen LogP contribution in [0.2, 0.25) is 0 Å². The summed E-state index contributed by atoms with van der Waals surface area (Å²) in [5, 5.41) is 8.12. The molecule has 3 aromatic rings. The van der Waals surface area contributed by atoms with E-state index >= 15 is 0 Å². The Kier molecular flexibility index (Phi) is 5.02. The van der Waals surface area contributed by atoms with Gasteiger partial charge in [-0.15, -0.1) is 0 Å². The average molecular weight is 381 g/mol. The first-order valence-electron chi connectivity index (χ1n) is 9.93. The van der Waals surface area contributed by atoms with Crippen molar-refractivity contribution in [3.8, 4) is 0 Å². The van der Waals surface area contributed by atoms with Gasteiger partial charge >= 0.3 is 0 Å². The Hall–Kier alpha value is -2.90. The van der Waals surface area contributed by atoms with Gasteiger partial charge in [0.05, 0.1) is 11.6 Å². The molecule has 8 heteroatoms. The number of aromatic amines is 1. The highest BCUT2D eigenvalue weighted by atomic mass is 16.1.